The van der Waals surface area contributed by atoms with Crippen LogP contribution in [0, 0.1) is 20.4 Å². The van der Waals surface area contributed by atoms with Gasteiger partial charge in [-0.15, -0.1) is 0 Å². The lowest BCUT2D eigenvalue weighted by atomic mass is 9.93. The van der Waals surface area contributed by atoms with Gasteiger partial charge in [-0.1, -0.05) is 61.4 Å². The fraction of sp³-hybridized carbons (Fsp3) is 0.250. The zero-order valence-electron chi connectivity index (χ0n) is 20.6. The normalized spacial score (nSPS) is 14.1. The molecule has 0 atom stereocenters. The highest BCUT2D eigenvalue weighted by Gasteiger charge is 2.26. The number of nitrogens with zero attached hydrogens (tertiary/aromatic N) is 2. The van der Waals surface area contributed by atoms with E-state index in [9.17, 15) is 0 Å². The van der Waals surface area contributed by atoms with Crippen LogP contribution in [0.3, 0.4) is 0 Å². The minimum atomic E-state index is 0.618. The molecule has 5 aromatic rings. The monoisotopic (exact) mass is 457 g/mol. The van der Waals surface area contributed by atoms with Crippen molar-refractivity contribution in [3.05, 3.63) is 95.0 Å². The van der Waals surface area contributed by atoms with Crippen LogP contribution < -0.4 is 4.57 Å². The van der Waals surface area contributed by atoms with Crippen LogP contribution in [0.15, 0.2) is 71.3 Å². The third-order valence-corrected chi connectivity index (χ3v) is 7.72. The molecule has 0 spiro atoms. The van der Waals surface area contributed by atoms with Crippen LogP contribution in [0.5, 0.6) is 0 Å². The minimum absolute atomic E-state index is 0.618. The summed E-state index contributed by atoms with van der Waals surface area (Å²) in [5.74, 6) is 0.651. The van der Waals surface area contributed by atoms with Gasteiger partial charge in [0.05, 0.1) is 12.1 Å². The molecule has 2 heterocycles. The van der Waals surface area contributed by atoms with E-state index in [1.165, 1.54) is 48.1 Å². The molecule has 3 heteroatoms. The molecule has 172 valence electrons. The van der Waals surface area contributed by atoms with Gasteiger partial charge in [-0.3, -0.25) is 0 Å². The summed E-state index contributed by atoms with van der Waals surface area (Å²) >= 11 is 0. The first-order valence-electron chi connectivity index (χ1n) is 12.5. The Bertz CT molecular complexity index is 1630. The van der Waals surface area contributed by atoms with Crippen molar-refractivity contribution >= 4 is 27.6 Å². The fourth-order valence-electron chi connectivity index (χ4n) is 6.01. The number of hydrogen-bond acceptors (Lipinski definition) is 1. The SMILES string of the molecule is [C-]#[N+]c1ccc2c(oc3c(-c4cc(C5CCCC5)cc[n+]4C)c(C)cc(C)c32)c1-c1ccccc1. The lowest BCUT2D eigenvalue weighted by Crippen LogP contribution is -2.31. The maximum atomic E-state index is 7.81. The average molecular weight is 458 g/mol. The summed E-state index contributed by atoms with van der Waals surface area (Å²) < 4.78 is 9.01. The Morgan fingerprint density at radius 2 is 1.66 bits per heavy atom. The van der Waals surface area contributed by atoms with Gasteiger partial charge in [0.25, 0.3) is 0 Å². The zero-order valence-corrected chi connectivity index (χ0v) is 20.6. The van der Waals surface area contributed by atoms with Crippen molar-refractivity contribution in [2.75, 3.05) is 0 Å². The highest BCUT2D eigenvalue weighted by molar-refractivity contribution is 6.16. The van der Waals surface area contributed by atoms with Gasteiger partial charge in [0.1, 0.15) is 18.2 Å². The van der Waals surface area contributed by atoms with Crippen molar-refractivity contribution < 1.29 is 8.98 Å². The Morgan fingerprint density at radius 1 is 0.886 bits per heavy atom. The van der Waals surface area contributed by atoms with E-state index in [-0.39, 0.29) is 0 Å². The van der Waals surface area contributed by atoms with Crippen LogP contribution in [0.4, 0.5) is 5.69 Å². The average Bonchev–Trinajstić information content (AvgIpc) is 3.53. The molecule has 35 heavy (non-hydrogen) atoms. The van der Waals surface area contributed by atoms with Crippen LogP contribution in [-0.4, -0.2) is 0 Å². The van der Waals surface area contributed by atoms with Crippen LogP contribution in [0.2, 0.25) is 0 Å². The first kappa shape index (κ1) is 21.6. The van der Waals surface area contributed by atoms with Crippen LogP contribution >= 0.6 is 0 Å². The van der Waals surface area contributed by atoms with Gasteiger partial charge in [-0.25, -0.2) is 9.41 Å². The second-order valence-electron chi connectivity index (χ2n) is 9.94. The number of hydrogen-bond donors (Lipinski definition) is 0. The van der Waals surface area contributed by atoms with Gasteiger partial charge in [-0.2, -0.15) is 0 Å². The highest BCUT2D eigenvalue weighted by atomic mass is 16.3. The van der Waals surface area contributed by atoms with Gasteiger partial charge in [0.15, 0.2) is 11.9 Å². The molecule has 1 aliphatic rings. The molecule has 3 nitrogen and oxygen atoms in total. The summed E-state index contributed by atoms with van der Waals surface area (Å²) in [6.45, 7) is 12.2. The maximum absolute atomic E-state index is 7.81. The molecule has 0 aliphatic heterocycles. The topological polar surface area (TPSA) is 21.4 Å². The Kier molecular flexibility index (Phi) is 5.19. The Labute approximate surface area is 206 Å². The molecule has 6 rings (SSSR count). The van der Waals surface area contributed by atoms with E-state index in [0.717, 1.165) is 38.6 Å². The fourth-order valence-corrected chi connectivity index (χ4v) is 6.01. The molecule has 0 amide bonds. The first-order chi connectivity index (χ1) is 17.1. The van der Waals surface area contributed by atoms with Crippen molar-refractivity contribution in [1.82, 2.24) is 0 Å². The molecular weight excluding hydrogens is 428 g/mol. The van der Waals surface area contributed by atoms with E-state index in [1.54, 1.807) is 0 Å². The smallest absolute Gasteiger partial charge is 0.216 e. The number of aromatic nitrogens is 1. The van der Waals surface area contributed by atoms with Crippen molar-refractivity contribution in [3.63, 3.8) is 0 Å². The van der Waals surface area contributed by atoms with Gasteiger partial charge < -0.3 is 4.42 Å². The molecule has 1 aliphatic carbocycles. The van der Waals surface area contributed by atoms with Crippen molar-refractivity contribution in [3.8, 4) is 22.4 Å². The Hall–Kier alpha value is -3.90. The standard InChI is InChI=1S/C32H29N2O/c1-20-18-21(2)29(27-19-24(16-17-34(27)4)22-10-8-9-11-22)32-28(20)25-14-15-26(33-3)30(31(25)35-32)23-12-6-5-7-13-23/h5-7,12-19,22H,8-11H2,1-2,4H3/q+1. The largest absolute Gasteiger partial charge is 0.456 e. The summed E-state index contributed by atoms with van der Waals surface area (Å²) in [5, 5.41) is 2.21. The van der Waals surface area contributed by atoms with Gasteiger partial charge in [-0.05, 0) is 54.9 Å². The third kappa shape index (κ3) is 3.44. The maximum Gasteiger partial charge on any atom is 0.216 e. The van der Waals surface area contributed by atoms with Gasteiger partial charge in [0, 0.05) is 28.5 Å². The second kappa shape index (κ2) is 8.40. The molecule has 0 saturated heterocycles. The van der Waals surface area contributed by atoms with E-state index >= 15 is 0 Å². The molecule has 3 aromatic carbocycles. The first-order valence-corrected chi connectivity index (χ1v) is 12.5. The predicted octanol–water partition coefficient (Wildman–Crippen LogP) is 8.57. The number of aryl methyl sites for hydroxylation is 3. The lowest BCUT2D eigenvalue weighted by Gasteiger charge is -2.12. The molecule has 0 N–H and O–H groups in total. The number of benzene rings is 3. The number of pyridine rings is 1. The summed E-state index contributed by atoms with van der Waals surface area (Å²) in [6.07, 6.45) is 7.40. The van der Waals surface area contributed by atoms with Crippen molar-refractivity contribution in [2.45, 2.75) is 45.4 Å². The quantitative estimate of drug-likeness (QED) is 0.196. The second-order valence-corrected chi connectivity index (χ2v) is 9.94. The number of fused-ring (bicyclic) bond motifs is 3. The lowest BCUT2D eigenvalue weighted by molar-refractivity contribution is -0.660. The molecule has 1 fully saturated rings. The molecule has 2 aromatic heterocycles. The minimum Gasteiger partial charge on any atom is -0.456 e. The van der Waals surface area contributed by atoms with Crippen LogP contribution in [0.25, 0.3) is 49.2 Å². The molecule has 1 saturated carbocycles. The van der Waals surface area contributed by atoms with E-state index < -0.39 is 0 Å². The van der Waals surface area contributed by atoms with Crippen molar-refractivity contribution in [1.29, 1.82) is 0 Å². The number of rotatable bonds is 3. The van der Waals surface area contributed by atoms with E-state index in [0.29, 0.717) is 11.6 Å². The van der Waals surface area contributed by atoms with E-state index in [2.05, 4.69) is 72.9 Å². The van der Waals surface area contributed by atoms with Crippen LogP contribution in [-0.2, 0) is 7.05 Å². The Morgan fingerprint density at radius 3 is 2.40 bits per heavy atom. The highest BCUT2D eigenvalue weighted by Crippen LogP contribution is 2.45. The Balaban J connectivity index is 1.69. The number of furan rings is 1. The molecule has 0 unspecified atom stereocenters. The van der Waals surface area contributed by atoms with Gasteiger partial charge in [0.2, 0.25) is 5.69 Å². The predicted molar refractivity (Wildman–Crippen MR) is 143 cm³/mol. The zero-order chi connectivity index (χ0) is 24.1. The molecule has 0 radical (unpaired) electrons. The summed E-state index contributed by atoms with van der Waals surface area (Å²) in [5.41, 5.74) is 10.4. The van der Waals surface area contributed by atoms with E-state index in [4.69, 9.17) is 11.0 Å². The third-order valence-electron chi connectivity index (χ3n) is 7.72. The van der Waals surface area contributed by atoms with Crippen molar-refractivity contribution in [2.24, 2.45) is 7.05 Å². The summed E-state index contributed by atoms with van der Waals surface area (Å²) in [7, 11) is 2.12. The van der Waals surface area contributed by atoms with Gasteiger partial charge >= 0.3 is 0 Å². The molecular formula is C32H29N2O+. The summed E-state index contributed by atoms with van der Waals surface area (Å²) in [4.78, 5) is 3.84. The van der Waals surface area contributed by atoms with E-state index in [1.807, 2.05) is 24.3 Å². The summed E-state index contributed by atoms with van der Waals surface area (Å²) in [6, 6.07) is 21.1. The molecule has 0 bridgehead atoms. The van der Waals surface area contributed by atoms with Crippen LogP contribution in [0.1, 0.15) is 48.3 Å².